The molecule has 3 atom stereocenters. The van der Waals surface area contributed by atoms with Crippen molar-refractivity contribution in [3.8, 4) is 11.8 Å². The number of aryl methyl sites for hydroxylation is 2. The van der Waals surface area contributed by atoms with Gasteiger partial charge >= 0.3 is 5.69 Å². The highest BCUT2D eigenvalue weighted by Crippen LogP contribution is 2.38. The van der Waals surface area contributed by atoms with Gasteiger partial charge in [0, 0.05) is 113 Å². The average molecular weight is 924 g/mol. The Bertz CT molecular complexity index is 2540. The zero-order valence-corrected chi connectivity index (χ0v) is 38.7. The third-order valence-corrected chi connectivity index (χ3v) is 14.0. The summed E-state index contributed by atoms with van der Waals surface area (Å²) in [6.07, 6.45) is 6.00. The molecule has 5 heterocycles. The van der Waals surface area contributed by atoms with Gasteiger partial charge in [0.25, 0.3) is 6.43 Å². The number of nitrogens with two attached hydrogens (primary N) is 2. The summed E-state index contributed by atoms with van der Waals surface area (Å²) in [6, 6.07) is 7.65. The number of benzene rings is 2. The Morgan fingerprint density at radius 1 is 1.03 bits per heavy atom. The summed E-state index contributed by atoms with van der Waals surface area (Å²) in [5, 5.41) is 13.4. The number of anilines is 1. The van der Waals surface area contributed by atoms with Crippen LogP contribution in [0.2, 0.25) is 0 Å². The third kappa shape index (κ3) is 10.7. The zero-order chi connectivity index (χ0) is 47.9. The lowest BCUT2D eigenvalue weighted by atomic mass is 9.86. The van der Waals surface area contributed by atoms with Crippen molar-refractivity contribution in [2.75, 3.05) is 64.3 Å². The minimum absolute atomic E-state index is 0.0668. The quantitative estimate of drug-likeness (QED) is 0.0854. The van der Waals surface area contributed by atoms with Crippen LogP contribution in [-0.2, 0) is 32.6 Å². The number of imidazole rings is 1. The molecule has 1 aromatic heterocycles. The highest BCUT2D eigenvalue weighted by atomic mass is 19.3. The smallest absolute Gasteiger partial charge is 0.329 e. The summed E-state index contributed by atoms with van der Waals surface area (Å²) in [5.74, 6) is 6.04. The van der Waals surface area contributed by atoms with Crippen molar-refractivity contribution in [2.24, 2.45) is 35.3 Å². The summed E-state index contributed by atoms with van der Waals surface area (Å²) in [7, 11) is 3.19. The van der Waals surface area contributed by atoms with E-state index in [1.165, 1.54) is 34.5 Å². The molecular formula is C49H63F2N11O5. The number of amides is 3. The number of halogens is 2. The molecule has 0 radical (unpaired) electrons. The van der Waals surface area contributed by atoms with E-state index in [1.807, 2.05) is 15.9 Å². The molecule has 358 valence electrons. The maximum atomic E-state index is 14.6. The Morgan fingerprint density at radius 3 is 2.42 bits per heavy atom. The summed E-state index contributed by atoms with van der Waals surface area (Å²) >= 11 is 0. The van der Waals surface area contributed by atoms with Crippen molar-refractivity contribution >= 4 is 58.4 Å². The van der Waals surface area contributed by atoms with Gasteiger partial charge in [-0.2, -0.15) is 0 Å². The van der Waals surface area contributed by atoms with Gasteiger partial charge in [-0.15, -0.1) is 0 Å². The predicted octanol–water partition coefficient (Wildman–Crippen LogP) is 3.59. The van der Waals surface area contributed by atoms with E-state index < -0.39 is 24.1 Å². The number of amidine groups is 1. The van der Waals surface area contributed by atoms with Crippen LogP contribution in [0, 0.1) is 29.1 Å². The summed E-state index contributed by atoms with van der Waals surface area (Å²) < 4.78 is 32.0. The standard InChI is InChI=1S/C49H63F2N11O5/c1-31(64)60-23-17-40(39(29-60)47(53)61-18-5-8-34-25-37(35(27-52)28-55-2)38(46(50)51)26-43(34)61)56-36-15-21-59(22-16-36)44(65)30-58-19-13-32(14-20-58)11-12-33-7-4-9-41-45(33)57(3)49(67)62(41)42(48(54)66)10-6-24-63/h4,7,9,24-28,32,36,39-40,42,46,53,56H,5-6,8,10,13-23,29-30,52H2,1-3H3,(H2,54,66). The van der Waals surface area contributed by atoms with E-state index in [0.29, 0.717) is 97.7 Å². The van der Waals surface area contributed by atoms with Crippen molar-refractivity contribution in [1.82, 2.24) is 29.2 Å². The Hall–Kier alpha value is -6.19. The molecular weight excluding hydrogens is 861 g/mol. The van der Waals surface area contributed by atoms with Crippen molar-refractivity contribution in [2.45, 2.75) is 89.3 Å². The first-order chi connectivity index (χ1) is 32.2. The molecule has 16 nitrogen and oxygen atoms in total. The molecule has 3 unspecified atom stereocenters. The number of nitrogens with zero attached hydrogens (tertiary/aromatic N) is 7. The molecule has 18 heteroatoms. The number of hydrogen-bond acceptors (Lipinski definition) is 10. The van der Waals surface area contributed by atoms with Gasteiger partial charge in [-0.1, -0.05) is 17.9 Å². The molecule has 3 aromatic rings. The number of hydrogen-bond donors (Lipinski definition) is 4. The van der Waals surface area contributed by atoms with Gasteiger partial charge < -0.3 is 36.3 Å². The second kappa shape index (κ2) is 21.6. The second-order valence-electron chi connectivity index (χ2n) is 18.2. The molecule has 4 aliphatic heterocycles. The first-order valence-corrected chi connectivity index (χ1v) is 23.4. The Morgan fingerprint density at radius 2 is 1.76 bits per heavy atom. The number of rotatable bonds is 13. The van der Waals surface area contributed by atoms with Crippen LogP contribution in [0.1, 0.15) is 93.0 Å². The first kappa shape index (κ1) is 48.7. The number of para-hydroxylation sites is 1. The van der Waals surface area contributed by atoms with Crippen LogP contribution in [0.5, 0.6) is 0 Å². The Labute approximate surface area is 389 Å². The summed E-state index contributed by atoms with van der Waals surface area (Å²) in [6.45, 7) is 5.89. The van der Waals surface area contributed by atoms with Crippen molar-refractivity contribution in [3.05, 3.63) is 69.3 Å². The van der Waals surface area contributed by atoms with Gasteiger partial charge in [-0.3, -0.25) is 38.8 Å². The van der Waals surface area contributed by atoms with Crippen molar-refractivity contribution in [3.63, 3.8) is 0 Å². The lowest BCUT2D eigenvalue weighted by Gasteiger charge is -2.45. The summed E-state index contributed by atoms with van der Waals surface area (Å²) in [4.78, 5) is 74.6. The van der Waals surface area contributed by atoms with Crippen LogP contribution >= 0.6 is 0 Å². The molecule has 4 aliphatic rings. The largest absolute Gasteiger partial charge is 0.404 e. The molecule has 0 bridgehead atoms. The minimum atomic E-state index is -2.77. The van der Waals surface area contributed by atoms with Gasteiger partial charge in [-0.25, -0.2) is 13.6 Å². The first-order valence-electron chi connectivity index (χ1n) is 23.4. The van der Waals surface area contributed by atoms with E-state index in [1.54, 1.807) is 37.2 Å². The number of nitrogens with one attached hydrogen (secondary N) is 2. The van der Waals surface area contributed by atoms with Gasteiger partial charge in [-0.05, 0) is 99.8 Å². The fraction of sp³-hybridized carbons (Fsp3) is 0.531. The van der Waals surface area contributed by atoms with E-state index in [2.05, 4.69) is 27.0 Å². The maximum absolute atomic E-state index is 14.6. The predicted molar refractivity (Wildman–Crippen MR) is 255 cm³/mol. The van der Waals surface area contributed by atoms with Crippen LogP contribution in [0.3, 0.4) is 0 Å². The van der Waals surface area contributed by atoms with Crippen LogP contribution in [0.25, 0.3) is 16.6 Å². The van der Waals surface area contributed by atoms with Crippen LogP contribution < -0.4 is 27.4 Å². The number of piperidine rings is 3. The normalized spacial score (nSPS) is 20.5. The highest BCUT2D eigenvalue weighted by molar-refractivity contribution is 6.10. The molecule has 7 rings (SSSR count). The molecule has 2 aromatic carbocycles. The Balaban J connectivity index is 0.944. The topological polar surface area (TPSA) is 208 Å². The number of aliphatic imine (C=N–C) groups is 1. The zero-order valence-electron chi connectivity index (χ0n) is 38.7. The van der Waals surface area contributed by atoms with E-state index in [0.717, 1.165) is 50.8 Å². The van der Waals surface area contributed by atoms with Gasteiger partial charge in [0.2, 0.25) is 17.7 Å². The fourth-order valence-electron chi connectivity index (χ4n) is 10.4. The lowest BCUT2D eigenvalue weighted by molar-refractivity contribution is -0.134. The van der Waals surface area contributed by atoms with E-state index in [4.69, 9.17) is 11.5 Å². The number of alkyl halides is 2. The molecule has 67 heavy (non-hydrogen) atoms. The average Bonchev–Trinajstić information content (AvgIpc) is 3.58. The number of aldehydes is 1. The molecule has 3 fully saturated rings. The molecule has 6 N–H and O–H groups in total. The number of primary amides is 1. The third-order valence-electron chi connectivity index (χ3n) is 14.0. The second-order valence-corrected chi connectivity index (χ2v) is 18.2. The van der Waals surface area contributed by atoms with Crippen LogP contribution in [-0.4, -0.2) is 131 Å². The summed E-state index contributed by atoms with van der Waals surface area (Å²) in [5.41, 5.74) is 14.9. The number of carbonyl (C=O) groups excluding carboxylic acids is 4. The maximum Gasteiger partial charge on any atom is 0.329 e. The highest BCUT2D eigenvalue weighted by Gasteiger charge is 2.39. The van der Waals surface area contributed by atoms with Crippen molar-refractivity contribution in [1.29, 1.82) is 5.41 Å². The van der Waals surface area contributed by atoms with Crippen molar-refractivity contribution < 1.29 is 28.0 Å². The van der Waals surface area contributed by atoms with E-state index in [9.17, 15) is 38.2 Å². The molecule has 0 saturated carbocycles. The number of allylic oxidation sites excluding steroid dienone is 1. The molecule has 3 amide bonds. The number of carbonyl (C=O) groups is 4. The number of likely N-dealkylation sites (tertiary alicyclic amines) is 3. The fourth-order valence-corrected chi connectivity index (χ4v) is 10.4. The Kier molecular flexibility index (Phi) is 15.7. The minimum Gasteiger partial charge on any atom is -0.404 e. The van der Waals surface area contributed by atoms with E-state index >= 15 is 0 Å². The molecule has 0 spiro atoms. The molecule has 0 aliphatic carbocycles. The number of fused-ring (bicyclic) bond motifs is 2. The molecule has 3 saturated heterocycles. The van der Waals surface area contributed by atoms with Crippen LogP contribution in [0.15, 0.2) is 46.3 Å². The van der Waals surface area contributed by atoms with E-state index in [-0.39, 0.29) is 54.1 Å². The monoisotopic (exact) mass is 923 g/mol. The van der Waals surface area contributed by atoms with Gasteiger partial charge in [0.1, 0.15) is 18.2 Å². The van der Waals surface area contributed by atoms with Gasteiger partial charge in [0.15, 0.2) is 0 Å². The van der Waals surface area contributed by atoms with Crippen LogP contribution in [0.4, 0.5) is 14.5 Å². The lowest BCUT2D eigenvalue weighted by Crippen LogP contribution is -2.59. The van der Waals surface area contributed by atoms with Gasteiger partial charge in [0.05, 0.1) is 23.1 Å². The number of aromatic nitrogens is 2. The SMILES string of the molecule is CN=CC(=CN)c1cc2c(cc1C(F)F)N(C(=N)C1CN(C(C)=O)CCC1NC1CCN(C(=O)CN3CCC(C#Cc4cccc5c4n(C)c(=O)n5C(CCC=O)C(N)=O)CC3)CC1)CCC2.